The Bertz CT molecular complexity index is 735. The molecule has 0 amide bonds. The van der Waals surface area contributed by atoms with Gasteiger partial charge in [-0.05, 0) is 12.1 Å². The molecule has 0 aliphatic carbocycles. The summed E-state index contributed by atoms with van der Waals surface area (Å²) in [5.74, 6) is -0.0784. The van der Waals surface area contributed by atoms with Crippen molar-refractivity contribution in [3.63, 3.8) is 0 Å². The van der Waals surface area contributed by atoms with Gasteiger partial charge in [-0.1, -0.05) is 18.2 Å². The van der Waals surface area contributed by atoms with Crippen molar-refractivity contribution < 1.29 is 5.11 Å². The van der Waals surface area contributed by atoms with Crippen molar-refractivity contribution in [2.45, 2.75) is 0 Å². The summed E-state index contributed by atoms with van der Waals surface area (Å²) in [4.78, 5) is 18.2. The summed E-state index contributed by atoms with van der Waals surface area (Å²) >= 11 is 0. The van der Waals surface area contributed by atoms with Crippen LogP contribution in [0.2, 0.25) is 0 Å². The first kappa shape index (κ1) is 10.6. The van der Waals surface area contributed by atoms with E-state index in [2.05, 4.69) is 9.98 Å². The van der Waals surface area contributed by atoms with E-state index in [1.807, 2.05) is 24.3 Å². The Labute approximate surface area is 103 Å². The molecule has 5 nitrogen and oxygen atoms in total. The maximum Gasteiger partial charge on any atom is 0.328 e. The number of hydrogen-bond donors (Lipinski definition) is 2. The third-order valence-electron chi connectivity index (χ3n) is 2.96. The Morgan fingerprint density at radius 2 is 2.17 bits per heavy atom. The molecule has 0 unspecified atom stereocenters. The molecule has 0 saturated heterocycles. The van der Waals surface area contributed by atoms with Gasteiger partial charge in [0.1, 0.15) is 5.69 Å². The number of fused-ring (bicyclic) bond motifs is 1. The predicted octanol–water partition coefficient (Wildman–Crippen LogP) is 1.68. The standard InChI is InChI=1S/C13H11N3O2/c1-16-12(17)11(15-13(16)18)6-8-7-14-10-5-3-2-4-9(8)10/h2-7,17H,1H3,(H,15,18)/b8-6+. The molecular weight excluding hydrogens is 230 g/mol. The third kappa shape index (κ3) is 1.48. The summed E-state index contributed by atoms with van der Waals surface area (Å²) in [6.07, 6.45) is 3.43. The number of rotatable bonds is 1. The minimum atomic E-state index is -0.345. The first-order valence-electron chi connectivity index (χ1n) is 5.50. The zero-order valence-corrected chi connectivity index (χ0v) is 9.71. The molecule has 0 fully saturated rings. The average Bonchev–Trinajstić information content (AvgIpc) is 2.89. The van der Waals surface area contributed by atoms with Gasteiger partial charge >= 0.3 is 5.69 Å². The van der Waals surface area contributed by atoms with Crippen LogP contribution in [0.5, 0.6) is 5.88 Å². The number of hydrogen-bond acceptors (Lipinski definition) is 3. The van der Waals surface area contributed by atoms with Crippen LogP contribution in [0.25, 0.3) is 11.6 Å². The molecule has 3 rings (SSSR count). The quantitative estimate of drug-likeness (QED) is 0.797. The van der Waals surface area contributed by atoms with Crippen LogP contribution in [0.3, 0.4) is 0 Å². The van der Waals surface area contributed by atoms with Gasteiger partial charge in [0.05, 0.1) is 5.69 Å². The Morgan fingerprint density at radius 1 is 1.39 bits per heavy atom. The van der Waals surface area contributed by atoms with E-state index in [1.165, 1.54) is 7.05 Å². The van der Waals surface area contributed by atoms with Crippen molar-refractivity contribution in [1.82, 2.24) is 9.55 Å². The number of aromatic nitrogens is 2. The molecular formula is C13H11N3O2. The number of allylic oxidation sites excluding steroid dienone is 1. The van der Waals surface area contributed by atoms with Crippen LogP contribution >= 0.6 is 0 Å². The monoisotopic (exact) mass is 241 g/mol. The normalized spacial score (nSPS) is 15.3. The Hall–Kier alpha value is -2.56. The number of nitrogens with zero attached hydrogens (tertiary/aromatic N) is 2. The Kier molecular flexibility index (Phi) is 2.19. The van der Waals surface area contributed by atoms with Crippen LogP contribution in [-0.2, 0) is 7.05 Å². The zero-order chi connectivity index (χ0) is 12.7. The molecule has 1 aliphatic rings. The highest BCUT2D eigenvalue weighted by molar-refractivity contribution is 6.21. The topological polar surface area (TPSA) is 70.4 Å². The summed E-state index contributed by atoms with van der Waals surface area (Å²) in [6.45, 7) is 0. The van der Waals surface area contributed by atoms with Gasteiger partial charge in [-0.2, -0.15) is 0 Å². The lowest BCUT2D eigenvalue weighted by Gasteiger charge is -1.98. The second-order valence-electron chi connectivity index (χ2n) is 4.10. The number of aromatic hydroxyl groups is 1. The van der Waals surface area contributed by atoms with Crippen molar-refractivity contribution in [2.24, 2.45) is 12.0 Å². The summed E-state index contributed by atoms with van der Waals surface area (Å²) in [7, 11) is 1.51. The van der Waals surface area contributed by atoms with Crippen LogP contribution in [0.4, 0.5) is 5.69 Å². The molecule has 2 heterocycles. The van der Waals surface area contributed by atoms with E-state index >= 15 is 0 Å². The SMILES string of the molecule is Cn1c(O)c(/C=C2\C=Nc3ccccc32)[nH]c1=O. The zero-order valence-electron chi connectivity index (χ0n) is 9.71. The van der Waals surface area contributed by atoms with E-state index in [0.29, 0.717) is 5.69 Å². The van der Waals surface area contributed by atoms with Gasteiger partial charge in [0.25, 0.3) is 0 Å². The van der Waals surface area contributed by atoms with Crippen molar-refractivity contribution in [2.75, 3.05) is 0 Å². The molecule has 1 aromatic carbocycles. The van der Waals surface area contributed by atoms with Crippen LogP contribution in [0.1, 0.15) is 11.3 Å². The summed E-state index contributed by atoms with van der Waals surface area (Å²) in [6, 6.07) is 7.71. The molecule has 5 heteroatoms. The molecule has 1 aromatic heterocycles. The van der Waals surface area contributed by atoms with Gasteiger partial charge in [0, 0.05) is 24.4 Å². The first-order chi connectivity index (χ1) is 8.66. The molecule has 2 N–H and O–H groups in total. The van der Waals surface area contributed by atoms with E-state index < -0.39 is 0 Å². The maximum absolute atomic E-state index is 11.4. The van der Waals surface area contributed by atoms with Crippen LogP contribution in [-0.4, -0.2) is 20.9 Å². The molecule has 0 bridgehead atoms. The first-order valence-corrected chi connectivity index (χ1v) is 5.50. The van der Waals surface area contributed by atoms with Gasteiger partial charge in [0.2, 0.25) is 5.88 Å². The number of benzene rings is 1. The molecule has 90 valence electrons. The molecule has 2 aromatic rings. The summed E-state index contributed by atoms with van der Waals surface area (Å²) in [5.41, 5.74) is 2.79. The highest BCUT2D eigenvalue weighted by atomic mass is 16.3. The number of nitrogens with one attached hydrogen (secondary N) is 1. The fraction of sp³-hybridized carbons (Fsp3) is 0.0769. The maximum atomic E-state index is 11.4. The van der Waals surface area contributed by atoms with Crippen LogP contribution < -0.4 is 5.69 Å². The van der Waals surface area contributed by atoms with E-state index in [0.717, 1.165) is 21.4 Å². The largest absolute Gasteiger partial charge is 0.493 e. The average molecular weight is 241 g/mol. The summed E-state index contributed by atoms with van der Waals surface area (Å²) < 4.78 is 1.16. The number of imidazole rings is 1. The minimum absolute atomic E-state index is 0.0784. The second-order valence-corrected chi connectivity index (χ2v) is 4.10. The lowest BCUT2D eigenvalue weighted by atomic mass is 10.1. The minimum Gasteiger partial charge on any atom is -0.493 e. The fourth-order valence-corrected chi connectivity index (χ4v) is 1.94. The second kappa shape index (κ2) is 3.73. The van der Waals surface area contributed by atoms with E-state index in [4.69, 9.17) is 0 Å². The number of aliphatic imine (C=N–C) groups is 1. The molecule has 1 aliphatic heterocycles. The number of aromatic amines is 1. The van der Waals surface area contributed by atoms with Gasteiger partial charge in [-0.15, -0.1) is 0 Å². The molecule has 0 atom stereocenters. The van der Waals surface area contributed by atoms with Crippen molar-refractivity contribution in [3.8, 4) is 5.88 Å². The van der Waals surface area contributed by atoms with Crippen LogP contribution in [0.15, 0.2) is 34.1 Å². The lowest BCUT2D eigenvalue weighted by molar-refractivity contribution is 0.428. The van der Waals surface area contributed by atoms with E-state index in [9.17, 15) is 9.90 Å². The fourth-order valence-electron chi connectivity index (χ4n) is 1.94. The number of para-hydroxylation sites is 1. The molecule has 0 saturated carbocycles. The summed E-state index contributed by atoms with van der Waals surface area (Å²) in [5, 5.41) is 9.77. The van der Waals surface area contributed by atoms with E-state index in [1.54, 1.807) is 12.3 Å². The van der Waals surface area contributed by atoms with Gasteiger partial charge < -0.3 is 10.1 Å². The van der Waals surface area contributed by atoms with Crippen LogP contribution in [0, 0.1) is 0 Å². The van der Waals surface area contributed by atoms with Crippen molar-refractivity contribution in [3.05, 3.63) is 46.0 Å². The highest BCUT2D eigenvalue weighted by Crippen LogP contribution is 2.32. The van der Waals surface area contributed by atoms with E-state index in [-0.39, 0.29) is 11.6 Å². The smallest absolute Gasteiger partial charge is 0.328 e. The Morgan fingerprint density at radius 3 is 2.89 bits per heavy atom. The molecule has 18 heavy (non-hydrogen) atoms. The van der Waals surface area contributed by atoms with Gasteiger partial charge in [-0.3, -0.25) is 9.56 Å². The third-order valence-corrected chi connectivity index (χ3v) is 2.96. The molecule has 0 spiro atoms. The Balaban J connectivity index is 2.12. The number of H-pyrrole nitrogens is 1. The van der Waals surface area contributed by atoms with Gasteiger partial charge in [-0.25, -0.2) is 4.79 Å². The predicted molar refractivity (Wildman–Crippen MR) is 70.2 cm³/mol. The van der Waals surface area contributed by atoms with Gasteiger partial charge in [0.15, 0.2) is 0 Å². The lowest BCUT2D eigenvalue weighted by Crippen LogP contribution is -2.11. The highest BCUT2D eigenvalue weighted by Gasteiger charge is 2.13. The van der Waals surface area contributed by atoms with Crippen molar-refractivity contribution >= 4 is 23.6 Å². The molecule has 0 radical (unpaired) electrons. The van der Waals surface area contributed by atoms with Crippen molar-refractivity contribution in [1.29, 1.82) is 0 Å².